The average molecular weight is 436 g/mol. The van der Waals surface area contributed by atoms with Crippen molar-refractivity contribution in [3.05, 3.63) is 58.2 Å². The van der Waals surface area contributed by atoms with E-state index in [1.165, 1.54) is 14.7 Å². The summed E-state index contributed by atoms with van der Waals surface area (Å²) in [6.45, 7) is 0. The van der Waals surface area contributed by atoms with E-state index in [0.717, 1.165) is 6.42 Å². The molecule has 0 N–H and O–H groups in total. The summed E-state index contributed by atoms with van der Waals surface area (Å²) in [6, 6.07) is 19.0. The molecular formula is C19H17IO4. The zero-order chi connectivity index (χ0) is 17.0. The molecule has 0 unspecified atom stereocenters. The lowest BCUT2D eigenvalue weighted by Gasteiger charge is -2.41. The van der Waals surface area contributed by atoms with Crippen LogP contribution in [0.5, 0.6) is 0 Å². The monoisotopic (exact) mass is 436 g/mol. The van der Waals surface area contributed by atoms with Crippen molar-refractivity contribution >= 4 is 34.5 Å². The van der Waals surface area contributed by atoms with E-state index in [2.05, 4.69) is 71.1 Å². The smallest absolute Gasteiger partial charge is 0.320 e. The third-order valence-corrected chi connectivity index (χ3v) is 4.67. The number of hydrogen-bond acceptors (Lipinski definition) is 4. The number of hydrogen-bond donors (Lipinski definition) is 0. The molecule has 2 fully saturated rings. The van der Waals surface area contributed by atoms with Gasteiger partial charge in [0.05, 0.1) is 0 Å². The Balaban J connectivity index is 0.000000143. The summed E-state index contributed by atoms with van der Waals surface area (Å²) < 4.78 is 11.1. The molecule has 2 aromatic carbocycles. The van der Waals surface area contributed by atoms with Crippen molar-refractivity contribution in [3.8, 4) is 11.1 Å². The number of carbonyl (C=O) groups excluding carboxylic acids is 2. The highest BCUT2D eigenvalue weighted by Gasteiger charge is 2.48. The van der Waals surface area contributed by atoms with Gasteiger partial charge in [-0.2, -0.15) is 0 Å². The van der Waals surface area contributed by atoms with E-state index < -0.39 is 17.7 Å². The second kappa shape index (κ2) is 7.34. The Morgan fingerprint density at radius 3 is 1.83 bits per heavy atom. The van der Waals surface area contributed by atoms with Crippen molar-refractivity contribution < 1.29 is 19.1 Å². The highest BCUT2D eigenvalue weighted by molar-refractivity contribution is 14.1. The van der Waals surface area contributed by atoms with Gasteiger partial charge in [-0.3, -0.25) is 9.59 Å². The first-order valence-corrected chi connectivity index (χ1v) is 8.89. The van der Waals surface area contributed by atoms with Crippen LogP contribution < -0.4 is 0 Å². The molecule has 1 heterocycles. The van der Waals surface area contributed by atoms with Crippen molar-refractivity contribution in [1.29, 1.82) is 0 Å². The van der Waals surface area contributed by atoms with Crippen molar-refractivity contribution in [2.45, 2.75) is 31.5 Å². The maximum atomic E-state index is 10.8. The van der Waals surface area contributed by atoms with E-state index in [0.29, 0.717) is 12.8 Å². The molecule has 4 rings (SSSR count). The van der Waals surface area contributed by atoms with Crippen LogP contribution in [0.15, 0.2) is 54.6 Å². The molecule has 24 heavy (non-hydrogen) atoms. The minimum Gasteiger partial charge on any atom is -0.422 e. The van der Waals surface area contributed by atoms with E-state index in [9.17, 15) is 9.59 Å². The van der Waals surface area contributed by atoms with E-state index >= 15 is 0 Å². The van der Waals surface area contributed by atoms with Crippen LogP contribution in [0.3, 0.4) is 0 Å². The Morgan fingerprint density at radius 2 is 1.33 bits per heavy atom. The number of carbonyl (C=O) groups is 2. The van der Waals surface area contributed by atoms with Crippen LogP contribution in [-0.2, 0) is 19.1 Å². The molecule has 1 aliphatic heterocycles. The Hall–Kier alpha value is -1.89. The second-order valence-electron chi connectivity index (χ2n) is 5.76. The number of benzene rings is 2. The fraction of sp³-hybridized carbons (Fsp3) is 0.263. The highest BCUT2D eigenvalue weighted by Crippen LogP contribution is 2.39. The average Bonchev–Trinajstić information content (AvgIpc) is 2.55. The molecule has 1 saturated carbocycles. The van der Waals surface area contributed by atoms with Crippen LogP contribution in [-0.4, -0.2) is 17.7 Å². The predicted molar refractivity (Wildman–Crippen MR) is 98.0 cm³/mol. The minimum atomic E-state index is -0.855. The largest absolute Gasteiger partial charge is 0.422 e. The van der Waals surface area contributed by atoms with Gasteiger partial charge in [-0.1, -0.05) is 42.5 Å². The molecule has 0 bridgehead atoms. The van der Waals surface area contributed by atoms with Crippen molar-refractivity contribution in [3.63, 3.8) is 0 Å². The molecule has 0 atom stereocenters. The van der Waals surface area contributed by atoms with Crippen LogP contribution in [0, 0.1) is 3.57 Å². The molecule has 5 heteroatoms. The summed E-state index contributed by atoms with van der Waals surface area (Å²) in [5.74, 6) is -1.77. The topological polar surface area (TPSA) is 52.6 Å². The summed E-state index contributed by atoms with van der Waals surface area (Å²) in [5.41, 5.74) is 2.56. The SMILES string of the molecule is Ic1ccc(-c2ccccc2)cc1.O=C1CC(=O)OC2(CCC2)O1. The fourth-order valence-corrected chi connectivity index (χ4v) is 2.93. The first kappa shape index (κ1) is 17.0. The third-order valence-electron chi connectivity index (χ3n) is 3.96. The van der Waals surface area contributed by atoms with Gasteiger partial charge in [0.15, 0.2) is 0 Å². The lowest BCUT2D eigenvalue weighted by atomic mass is 9.90. The molecule has 1 aliphatic carbocycles. The first-order valence-electron chi connectivity index (χ1n) is 7.81. The van der Waals surface area contributed by atoms with Crippen LogP contribution in [0.2, 0.25) is 0 Å². The fourth-order valence-electron chi connectivity index (χ4n) is 2.57. The Bertz CT molecular complexity index is 703. The van der Waals surface area contributed by atoms with Crippen LogP contribution in [0.4, 0.5) is 0 Å². The lowest BCUT2D eigenvalue weighted by molar-refractivity contribution is -0.268. The Kier molecular flexibility index (Phi) is 5.18. The van der Waals surface area contributed by atoms with E-state index in [-0.39, 0.29) is 6.42 Å². The van der Waals surface area contributed by atoms with Gasteiger partial charge in [0.25, 0.3) is 5.79 Å². The van der Waals surface area contributed by atoms with Crippen LogP contribution in [0.1, 0.15) is 25.7 Å². The quantitative estimate of drug-likeness (QED) is 0.380. The molecule has 1 spiro atoms. The van der Waals surface area contributed by atoms with Crippen LogP contribution >= 0.6 is 22.6 Å². The van der Waals surface area contributed by atoms with Gasteiger partial charge in [-0.05, 0) is 52.3 Å². The highest BCUT2D eigenvalue weighted by atomic mass is 127. The molecule has 0 amide bonds. The van der Waals surface area contributed by atoms with E-state index in [1.807, 2.05) is 6.07 Å². The van der Waals surface area contributed by atoms with Crippen molar-refractivity contribution in [1.82, 2.24) is 0 Å². The molecule has 2 aromatic rings. The van der Waals surface area contributed by atoms with E-state index in [4.69, 9.17) is 9.47 Å². The summed E-state index contributed by atoms with van der Waals surface area (Å²) in [7, 11) is 0. The summed E-state index contributed by atoms with van der Waals surface area (Å²) in [6.07, 6.45) is 2.04. The lowest BCUT2D eigenvalue weighted by Crippen LogP contribution is -2.50. The minimum absolute atomic E-state index is 0.234. The molecular weight excluding hydrogens is 419 g/mol. The molecule has 1 saturated heterocycles. The van der Waals surface area contributed by atoms with Gasteiger partial charge in [0.2, 0.25) is 0 Å². The van der Waals surface area contributed by atoms with Gasteiger partial charge in [0, 0.05) is 16.4 Å². The molecule has 124 valence electrons. The van der Waals surface area contributed by atoms with Gasteiger partial charge in [-0.25, -0.2) is 0 Å². The maximum absolute atomic E-state index is 10.8. The standard InChI is InChI=1S/C12H9I.C7H8O4/c13-12-8-6-11(7-9-12)10-4-2-1-3-5-10;8-5-4-6(9)11-7(10-5)2-1-3-7/h1-9H;1-4H2. The van der Waals surface area contributed by atoms with E-state index in [1.54, 1.807) is 0 Å². The Labute approximate surface area is 154 Å². The molecule has 0 radical (unpaired) electrons. The molecule has 4 nitrogen and oxygen atoms in total. The van der Waals surface area contributed by atoms with Gasteiger partial charge in [-0.15, -0.1) is 0 Å². The number of rotatable bonds is 1. The number of halogens is 1. The van der Waals surface area contributed by atoms with Crippen LogP contribution in [0.25, 0.3) is 11.1 Å². The summed E-state index contributed by atoms with van der Waals surface area (Å²) >= 11 is 2.32. The second-order valence-corrected chi connectivity index (χ2v) is 7.01. The number of ether oxygens (including phenoxy) is 2. The Morgan fingerprint density at radius 1 is 0.792 bits per heavy atom. The normalized spacial score (nSPS) is 17.9. The first-order chi connectivity index (χ1) is 11.6. The van der Waals surface area contributed by atoms with Gasteiger partial charge in [0.1, 0.15) is 6.42 Å². The zero-order valence-electron chi connectivity index (χ0n) is 13.0. The summed E-state index contributed by atoms with van der Waals surface area (Å²) in [4.78, 5) is 21.5. The third kappa shape index (κ3) is 4.14. The molecule has 2 aliphatic rings. The zero-order valence-corrected chi connectivity index (χ0v) is 15.2. The van der Waals surface area contributed by atoms with Crippen molar-refractivity contribution in [2.75, 3.05) is 0 Å². The molecule has 0 aromatic heterocycles. The van der Waals surface area contributed by atoms with Gasteiger partial charge >= 0.3 is 11.9 Å². The predicted octanol–water partition coefficient (Wildman–Crippen LogP) is 4.31. The number of esters is 2. The summed E-state index contributed by atoms with van der Waals surface area (Å²) in [5, 5.41) is 0. The van der Waals surface area contributed by atoms with Gasteiger partial charge < -0.3 is 9.47 Å². The maximum Gasteiger partial charge on any atom is 0.320 e. The van der Waals surface area contributed by atoms with Crippen molar-refractivity contribution in [2.24, 2.45) is 0 Å².